The number of amides is 1. The molecule has 0 spiro atoms. The van der Waals surface area contributed by atoms with Crippen molar-refractivity contribution in [3.63, 3.8) is 0 Å². The molecule has 0 bridgehead atoms. The van der Waals surface area contributed by atoms with Crippen LogP contribution in [0, 0.1) is 23.3 Å². The van der Waals surface area contributed by atoms with Gasteiger partial charge in [0.15, 0.2) is 29.1 Å². The minimum absolute atomic E-state index is 0.0451. The van der Waals surface area contributed by atoms with E-state index in [9.17, 15) is 22.4 Å². The van der Waals surface area contributed by atoms with E-state index in [1.165, 1.54) is 30.5 Å². The summed E-state index contributed by atoms with van der Waals surface area (Å²) < 4.78 is 55.0. The number of halogens is 6. The van der Waals surface area contributed by atoms with E-state index in [0.29, 0.717) is 5.02 Å². The fourth-order valence-corrected chi connectivity index (χ4v) is 2.79. The third-order valence-electron chi connectivity index (χ3n) is 3.58. The lowest BCUT2D eigenvalue weighted by Gasteiger charge is -2.07. The van der Waals surface area contributed by atoms with E-state index < -0.39 is 41.3 Å². The summed E-state index contributed by atoms with van der Waals surface area (Å²) in [7, 11) is 0. The van der Waals surface area contributed by atoms with Crippen LogP contribution in [0.5, 0.6) is 0 Å². The predicted molar refractivity (Wildman–Crippen MR) is 92.0 cm³/mol. The number of rotatable bonds is 4. The molecule has 10 heteroatoms. The van der Waals surface area contributed by atoms with Crippen molar-refractivity contribution in [2.75, 3.05) is 5.32 Å². The van der Waals surface area contributed by atoms with Crippen LogP contribution in [-0.2, 0) is 6.54 Å². The highest BCUT2D eigenvalue weighted by atomic mass is 35.5. The molecule has 140 valence electrons. The van der Waals surface area contributed by atoms with Crippen molar-refractivity contribution in [2.45, 2.75) is 6.54 Å². The molecule has 3 aromatic rings. The van der Waals surface area contributed by atoms with E-state index >= 15 is 0 Å². The van der Waals surface area contributed by atoms with Crippen LogP contribution in [0.25, 0.3) is 0 Å². The van der Waals surface area contributed by atoms with E-state index in [0.717, 1.165) is 4.68 Å². The summed E-state index contributed by atoms with van der Waals surface area (Å²) in [5, 5.41) is 6.82. The predicted octanol–water partition coefficient (Wildman–Crippen LogP) is 5.05. The SMILES string of the molecule is O=C(Nc1ccn(Cc2c(F)c(F)cc(F)c2F)n1)c1ccc(Cl)cc1Cl. The van der Waals surface area contributed by atoms with Crippen molar-refractivity contribution < 1.29 is 22.4 Å². The van der Waals surface area contributed by atoms with Gasteiger partial charge in [0.2, 0.25) is 0 Å². The Morgan fingerprint density at radius 3 is 2.33 bits per heavy atom. The molecule has 1 heterocycles. The Hall–Kier alpha value is -2.58. The second-order valence-electron chi connectivity index (χ2n) is 5.42. The second kappa shape index (κ2) is 7.58. The number of carbonyl (C=O) groups excluding carboxylic acids is 1. The number of aromatic nitrogens is 2. The smallest absolute Gasteiger partial charge is 0.258 e. The van der Waals surface area contributed by atoms with Crippen LogP contribution in [0.15, 0.2) is 36.5 Å². The van der Waals surface area contributed by atoms with Gasteiger partial charge in [-0.25, -0.2) is 17.6 Å². The zero-order valence-electron chi connectivity index (χ0n) is 13.2. The normalized spacial score (nSPS) is 10.9. The average molecular weight is 418 g/mol. The summed E-state index contributed by atoms with van der Waals surface area (Å²) in [6, 6.07) is 5.74. The molecule has 4 nitrogen and oxygen atoms in total. The number of nitrogens with one attached hydrogen (secondary N) is 1. The van der Waals surface area contributed by atoms with Gasteiger partial charge in [-0.1, -0.05) is 23.2 Å². The Bertz CT molecular complexity index is 1010. The van der Waals surface area contributed by atoms with E-state index in [-0.39, 0.29) is 22.5 Å². The number of hydrogen-bond acceptors (Lipinski definition) is 2. The summed E-state index contributed by atoms with van der Waals surface area (Å²) in [6.45, 7) is -0.579. The monoisotopic (exact) mass is 417 g/mol. The van der Waals surface area contributed by atoms with Crippen molar-refractivity contribution in [2.24, 2.45) is 0 Å². The second-order valence-corrected chi connectivity index (χ2v) is 6.27. The maximum Gasteiger partial charge on any atom is 0.258 e. The molecule has 0 saturated heterocycles. The summed E-state index contributed by atoms with van der Waals surface area (Å²) >= 11 is 11.7. The van der Waals surface area contributed by atoms with Gasteiger partial charge in [0.25, 0.3) is 5.91 Å². The molecule has 0 unspecified atom stereocenters. The van der Waals surface area contributed by atoms with Crippen molar-refractivity contribution >= 4 is 34.9 Å². The van der Waals surface area contributed by atoms with Gasteiger partial charge in [0, 0.05) is 23.4 Å². The van der Waals surface area contributed by atoms with Crippen LogP contribution in [0.4, 0.5) is 23.4 Å². The number of nitrogens with zero attached hydrogens (tertiary/aromatic N) is 2. The maximum atomic E-state index is 13.7. The van der Waals surface area contributed by atoms with Gasteiger partial charge in [0.1, 0.15) is 0 Å². The van der Waals surface area contributed by atoms with Gasteiger partial charge in [-0.15, -0.1) is 0 Å². The summed E-state index contributed by atoms with van der Waals surface area (Å²) in [6.07, 6.45) is 1.28. The van der Waals surface area contributed by atoms with Crippen molar-refractivity contribution in [3.05, 3.63) is 81.0 Å². The summed E-state index contributed by atoms with van der Waals surface area (Å²) in [5.41, 5.74) is -0.686. The highest BCUT2D eigenvalue weighted by Crippen LogP contribution is 2.23. The van der Waals surface area contributed by atoms with Crippen LogP contribution in [0.3, 0.4) is 0 Å². The third kappa shape index (κ3) is 4.06. The maximum absolute atomic E-state index is 13.7. The van der Waals surface area contributed by atoms with Crippen LogP contribution >= 0.6 is 23.2 Å². The molecule has 1 aromatic heterocycles. The van der Waals surface area contributed by atoms with Crippen molar-refractivity contribution in [1.29, 1.82) is 0 Å². The highest BCUT2D eigenvalue weighted by Gasteiger charge is 2.20. The minimum Gasteiger partial charge on any atom is -0.305 e. The molecule has 2 aromatic carbocycles. The number of carbonyl (C=O) groups is 1. The minimum atomic E-state index is -1.51. The number of anilines is 1. The van der Waals surface area contributed by atoms with Crippen LogP contribution in [-0.4, -0.2) is 15.7 Å². The molecular formula is C17H9Cl2F4N3O. The zero-order valence-corrected chi connectivity index (χ0v) is 14.8. The van der Waals surface area contributed by atoms with Gasteiger partial charge in [-0.2, -0.15) is 5.10 Å². The van der Waals surface area contributed by atoms with Crippen molar-refractivity contribution in [3.8, 4) is 0 Å². The lowest BCUT2D eigenvalue weighted by atomic mass is 10.2. The molecule has 0 radical (unpaired) electrons. The van der Waals surface area contributed by atoms with Crippen LogP contribution < -0.4 is 5.32 Å². The first-order chi connectivity index (χ1) is 12.8. The van der Waals surface area contributed by atoms with Crippen molar-refractivity contribution in [1.82, 2.24) is 9.78 Å². The Morgan fingerprint density at radius 1 is 1.04 bits per heavy atom. The zero-order chi connectivity index (χ0) is 19.7. The molecule has 0 saturated carbocycles. The average Bonchev–Trinajstić information content (AvgIpc) is 3.04. The molecule has 0 aliphatic rings. The van der Waals surface area contributed by atoms with Gasteiger partial charge < -0.3 is 5.32 Å². The fraction of sp³-hybridized carbons (Fsp3) is 0.0588. The largest absolute Gasteiger partial charge is 0.305 e. The molecule has 27 heavy (non-hydrogen) atoms. The molecule has 1 amide bonds. The van der Waals surface area contributed by atoms with Crippen LogP contribution in [0.2, 0.25) is 10.0 Å². The first-order valence-corrected chi connectivity index (χ1v) is 8.13. The van der Waals surface area contributed by atoms with E-state index in [4.69, 9.17) is 23.2 Å². The Kier molecular flexibility index (Phi) is 5.38. The first kappa shape index (κ1) is 19.2. The molecule has 0 atom stereocenters. The fourth-order valence-electron chi connectivity index (χ4n) is 2.30. The van der Waals surface area contributed by atoms with Gasteiger partial charge >= 0.3 is 0 Å². The van der Waals surface area contributed by atoms with E-state index in [1.54, 1.807) is 0 Å². The Labute approximate surface area is 160 Å². The first-order valence-electron chi connectivity index (χ1n) is 7.38. The summed E-state index contributed by atoms with van der Waals surface area (Å²) in [4.78, 5) is 12.2. The molecule has 3 rings (SSSR count). The Morgan fingerprint density at radius 2 is 1.70 bits per heavy atom. The van der Waals surface area contributed by atoms with Gasteiger partial charge in [-0.3, -0.25) is 9.48 Å². The van der Waals surface area contributed by atoms with Gasteiger partial charge in [0.05, 0.1) is 22.7 Å². The standard InChI is InChI=1S/C17H9Cl2F4N3O/c18-8-1-2-9(11(19)5-8)17(27)24-14-3-4-26(25-14)7-10-15(22)12(20)6-13(21)16(10)23/h1-6H,7H2,(H,24,25,27). The van der Waals surface area contributed by atoms with Crippen LogP contribution in [0.1, 0.15) is 15.9 Å². The lowest BCUT2D eigenvalue weighted by Crippen LogP contribution is -2.14. The topological polar surface area (TPSA) is 46.9 Å². The van der Waals surface area contributed by atoms with E-state index in [1.807, 2.05) is 0 Å². The lowest BCUT2D eigenvalue weighted by molar-refractivity contribution is 0.102. The number of benzene rings is 2. The molecule has 0 aliphatic carbocycles. The summed E-state index contributed by atoms with van der Waals surface area (Å²) in [5.74, 6) is -6.59. The molecular weight excluding hydrogens is 409 g/mol. The molecule has 1 N–H and O–H groups in total. The molecule has 0 fully saturated rings. The highest BCUT2D eigenvalue weighted by molar-refractivity contribution is 6.37. The number of hydrogen-bond donors (Lipinski definition) is 1. The van der Waals surface area contributed by atoms with E-state index in [2.05, 4.69) is 10.4 Å². The quantitative estimate of drug-likeness (QED) is 0.477. The molecule has 0 aliphatic heterocycles. The Balaban J connectivity index is 1.79. The third-order valence-corrected chi connectivity index (χ3v) is 4.13. The van der Waals surface area contributed by atoms with Gasteiger partial charge in [-0.05, 0) is 18.2 Å².